The molecule has 5 heteroatoms. The highest BCUT2D eigenvalue weighted by Crippen LogP contribution is 2.08. The number of hydrogen-bond acceptors (Lipinski definition) is 3. The summed E-state index contributed by atoms with van der Waals surface area (Å²) in [6.07, 6.45) is 0. The molecule has 1 aliphatic rings. The summed E-state index contributed by atoms with van der Waals surface area (Å²) in [5.74, 6) is -0.0400. The minimum Gasteiger partial charge on any atom is -0.274 e. The Morgan fingerprint density at radius 1 is 1.67 bits per heavy atom. The lowest BCUT2D eigenvalue weighted by Gasteiger charge is -2.23. The summed E-state index contributed by atoms with van der Waals surface area (Å²) in [7, 11) is 1.70. The van der Waals surface area contributed by atoms with E-state index in [-0.39, 0.29) is 5.91 Å². The van der Waals surface area contributed by atoms with Gasteiger partial charge in [0.05, 0.1) is 5.69 Å². The molecule has 1 aromatic rings. The molecule has 5 nitrogen and oxygen atoms in total. The summed E-state index contributed by atoms with van der Waals surface area (Å²) in [5.41, 5.74) is 4.40. The lowest BCUT2D eigenvalue weighted by Crippen LogP contribution is -2.46. The van der Waals surface area contributed by atoms with E-state index in [4.69, 9.17) is 0 Å². The number of amides is 1. The van der Waals surface area contributed by atoms with Gasteiger partial charge in [0.15, 0.2) is 0 Å². The summed E-state index contributed by atoms with van der Waals surface area (Å²) in [4.78, 5) is 11.4. The van der Waals surface area contributed by atoms with Crippen LogP contribution in [0.4, 0.5) is 0 Å². The Bertz CT molecular complexity index is 330. The van der Waals surface area contributed by atoms with Crippen molar-refractivity contribution < 1.29 is 4.79 Å². The molecule has 0 radical (unpaired) electrons. The van der Waals surface area contributed by atoms with Gasteiger partial charge in [-0.3, -0.25) is 9.80 Å². The minimum absolute atomic E-state index is 0.0400. The van der Waals surface area contributed by atoms with Crippen molar-refractivity contribution in [2.24, 2.45) is 0 Å². The van der Waals surface area contributed by atoms with Crippen LogP contribution in [-0.4, -0.2) is 27.7 Å². The van der Waals surface area contributed by atoms with Crippen LogP contribution in [0.15, 0.2) is 6.07 Å². The number of nitrogens with zero attached hydrogens (tertiary/aromatic N) is 3. The first-order valence-corrected chi connectivity index (χ1v) is 3.74. The van der Waals surface area contributed by atoms with Crippen LogP contribution in [0.25, 0.3) is 0 Å². The molecule has 64 valence electrons. The molecule has 0 saturated carbocycles. The standard InChI is InChI=1S/C7H10N4O/c1-5-3-6-7(12)10(2)8-4-11(6)9-5/h3,8H,4H2,1-2H3. The van der Waals surface area contributed by atoms with Crippen LogP contribution in [0.2, 0.25) is 0 Å². The number of aromatic nitrogens is 2. The normalized spacial score (nSPS) is 16.5. The van der Waals surface area contributed by atoms with E-state index in [9.17, 15) is 4.79 Å². The van der Waals surface area contributed by atoms with Crippen molar-refractivity contribution >= 4 is 5.91 Å². The lowest BCUT2D eigenvalue weighted by atomic mass is 10.3. The third kappa shape index (κ3) is 0.902. The number of hydrazine groups is 1. The van der Waals surface area contributed by atoms with Gasteiger partial charge in [0.2, 0.25) is 0 Å². The van der Waals surface area contributed by atoms with Gasteiger partial charge in [-0.05, 0) is 13.0 Å². The fourth-order valence-electron chi connectivity index (χ4n) is 1.25. The van der Waals surface area contributed by atoms with Crippen molar-refractivity contribution in [1.29, 1.82) is 0 Å². The second kappa shape index (κ2) is 2.31. The molecular formula is C7H10N4O. The highest BCUT2D eigenvalue weighted by Gasteiger charge is 2.22. The molecule has 12 heavy (non-hydrogen) atoms. The Balaban J connectivity index is 2.48. The van der Waals surface area contributed by atoms with Crippen molar-refractivity contribution in [3.63, 3.8) is 0 Å². The smallest absolute Gasteiger partial charge is 0.274 e. The molecular weight excluding hydrogens is 156 g/mol. The van der Waals surface area contributed by atoms with Gasteiger partial charge < -0.3 is 0 Å². The molecule has 1 aliphatic heterocycles. The molecule has 0 spiro atoms. The third-order valence-electron chi connectivity index (χ3n) is 1.88. The largest absolute Gasteiger partial charge is 0.286 e. The highest BCUT2D eigenvalue weighted by atomic mass is 16.2. The van der Waals surface area contributed by atoms with Crippen LogP contribution in [0.5, 0.6) is 0 Å². The zero-order valence-corrected chi connectivity index (χ0v) is 7.03. The predicted molar refractivity (Wildman–Crippen MR) is 42.2 cm³/mol. The molecule has 0 saturated heterocycles. The summed E-state index contributed by atoms with van der Waals surface area (Å²) < 4.78 is 1.66. The topological polar surface area (TPSA) is 50.2 Å². The van der Waals surface area contributed by atoms with E-state index in [1.807, 2.05) is 6.92 Å². The van der Waals surface area contributed by atoms with Gasteiger partial charge in [-0.1, -0.05) is 0 Å². The SMILES string of the molecule is Cc1cc2n(n1)CNN(C)C2=O. The molecule has 2 rings (SSSR count). The van der Waals surface area contributed by atoms with Crippen LogP contribution < -0.4 is 5.43 Å². The average molecular weight is 166 g/mol. The van der Waals surface area contributed by atoms with Crippen molar-refractivity contribution in [3.05, 3.63) is 17.5 Å². The number of hydrogen-bond donors (Lipinski definition) is 1. The Kier molecular flexibility index (Phi) is 1.41. The number of carbonyl (C=O) groups excluding carboxylic acids is 1. The van der Waals surface area contributed by atoms with Gasteiger partial charge in [-0.25, -0.2) is 10.1 Å². The molecule has 0 bridgehead atoms. The summed E-state index contributed by atoms with van der Waals surface area (Å²) in [6.45, 7) is 2.43. The Morgan fingerprint density at radius 3 is 3.17 bits per heavy atom. The maximum absolute atomic E-state index is 11.4. The number of fused-ring (bicyclic) bond motifs is 1. The number of carbonyl (C=O) groups is 1. The van der Waals surface area contributed by atoms with Crippen molar-refractivity contribution in [1.82, 2.24) is 20.2 Å². The number of nitrogens with one attached hydrogen (secondary N) is 1. The first-order chi connectivity index (χ1) is 5.68. The van der Waals surface area contributed by atoms with Crippen LogP contribution in [0, 0.1) is 6.92 Å². The number of aryl methyl sites for hydroxylation is 1. The van der Waals surface area contributed by atoms with Gasteiger partial charge in [0.25, 0.3) is 5.91 Å². The second-order valence-electron chi connectivity index (χ2n) is 2.85. The van der Waals surface area contributed by atoms with Gasteiger partial charge in [-0.2, -0.15) is 5.10 Å². The zero-order valence-electron chi connectivity index (χ0n) is 7.03. The second-order valence-corrected chi connectivity index (χ2v) is 2.85. The molecule has 1 aromatic heterocycles. The zero-order chi connectivity index (χ0) is 8.72. The minimum atomic E-state index is -0.0400. The molecule has 0 fully saturated rings. The molecule has 2 heterocycles. The quantitative estimate of drug-likeness (QED) is 0.577. The maximum atomic E-state index is 11.4. The van der Waals surface area contributed by atoms with Gasteiger partial charge >= 0.3 is 0 Å². The highest BCUT2D eigenvalue weighted by molar-refractivity contribution is 5.92. The summed E-state index contributed by atoms with van der Waals surface area (Å²) in [6, 6.07) is 1.79. The van der Waals surface area contributed by atoms with Crippen LogP contribution in [-0.2, 0) is 6.67 Å². The monoisotopic (exact) mass is 166 g/mol. The summed E-state index contributed by atoms with van der Waals surface area (Å²) in [5, 5.41) is 5.61. The van der Waals surface area contributed by atoms with E-state index in [1.165, 1.54) is 5.01 Å². The number of rotatable bonds is 0. The predicted octanol–water partition coefficient (Wildman–Crippen LogP) is -0.261. The Morgan fingerprint density at radius 2 is 2.42 bits per heavy atom. The van der Waals surface area contributed by atoms with E-state index in [0.29, 0.717) is 12.4 Å². The van der Waals surface area contributed by atoms with Crippen LogP contribution >= 0.6 is 0 Å². The molecule has 0 atom stereocenters. The Labute approximate surface area is 69.9 Å². The first-order valence-electron chi connectivity index (χ1n) is 3.74. The van der Waals surface area contributed by atoms with Gasteiger partial charge in [0.1, 0.15) is 12.4 Å². The van der Waals surface area contributed by atoms with Gasteiger partial charge in [-0.15, -0.1) is 0 Å². The Hall–Kier alpha value is -1.36. The van der Waals surface area contributed by atoms with Crippen LogP contribution in [0.1, 0.15) is 16.2 Å². The lowest BCUT2D eigenvalue weighted by molar-refractivity contribution is 0.0618. The van der Waals surface area contributed by atoms with E-state index in [1.54, 1.807) is 17.8 Å². The van der Waals surface area contributed by atoms with Crippen molar-refractivity contribution in [3.8, 4) is 0 Å². The van der Waals surface area contributed by atoms with Crippen molar-refractivity contribution in [2.45, 2.75) is 13.6 Å². The molecule has 0 aliphatic carbocycles. The van der Waals surface area contributed by atoms with E-state index in [0.717, 1.165) is 5.69 Å². The van der Waals surface area contributed by atoms with E-state index >= 15 is 0 Å². The fourth-order valence-corrected chi connectivity index (χ4v) is 1.25. The fraction of sp³-hybridized carbons (Fsp3) is 0.429. The van der Waals surface area contributed by atoms with E-state index in [2.05, 4.69) is 10.5 Å². The molecule has 0 aromatic carbocycles. The van der Waals surface area contributed by atoms with Crippen LogP contribution in [0.3, 0.4) is 0 Å². The van der Waals surface area contributed by atoms with E-state index < -0.39 is 0 Å². The molecule has 0 unspecified atom stereocenters. The third-order valence-corrected chi connectivity index (χ3v) is 1.88. The molecule has 1 N–H and O–H groups in total. The van der Waals surface area contributed by atoms with Gasteiger partial charge in [0, 0.05) is 7.05 Å². The summed E-state index contributed by atoms with van der Waals surface area (Å²) >= 11 is 0. The maximum Gasteiger partial charge on any atom is 0.286 e. The first kappa shape index (κ1) is 7.30. The average Bonchev–Trinajstić information content (AvgIpc) is 2.39. The van der Waals surface area contributed by atoms with Crippen molar-refractivity contribution in [2.75, 3.05) is 7.05 Å². The molecule has 1 amide bonds.